The van der Waals surface area contributed by atoms with Gasteiger partial charge in [-0.2, -0.15) is 0 Å². The van der Waals surface area contributed by atoms with Gasteiger partial charge in [0, 0.05) is 0 Å². The van der Waals surface area contributed by atoms with Crippen molar-refractivity contribution >= 4 is 21.5 Å². The Kier molecular flexibility index (Phi) is 3.97. The first kappa shape index (κ1) is 13.9. The zero-order valence-electron chi connectivity index (χ0n) is 12.2. The molecule has 0 N–H and O–H groups in total. The van der Waals surface area contributed by atoms with Crippen LogP contribution in [0.1, 0.15) is 31.2 Å². The van der Waals surface area contributed by atoms with Gasteiger partial charge < -0.3 is 0 Å². The standard InChI is InChI=1S/C19H19.Li/c1-2-6-14(5-1)11-15-9-10-19-17(12-15)13-16-7-3-4-8-18(16)19;/h3-4,7-10,12-14H,1-2,5-6,11H2;/q-1;+1. The Balaban J connectivity index is 0.00000121. The molecular formula is C19H19Li. The fourth-order valence-corrected chi connectivity index (χ4v) is 3.69. The molecule has 0 unspecified atom stereocenters. The third-order valence-electron chi connectivity index (χ3n) is 4.68. The van der Waals surface area contributed by atoms with Gasteiger partial charge in [0.1, 0.15) is 0 Å². The largest absolute Gasteiger partial charge is 1.00 e. The molecule has 96 valence electrons. The van der Waals surface area contributed by atoms with Gasteiger partial charge in [-0.05, 0) is 12.3 Å². The van der Waals surface area contributed by atoms with E-state index in [9.17, 15) is 0 Å². The van der Waals surface area contributed by atoms with Gasteiger partial charge in [-0.15, -0.1) is 39.7 Å². The number of hydrogen-bond acceptors (Lipinski definition) is 0. The molecule has 1 aliphatic carbocycles. The minimum atomic E-state index is 0. The van der Waals surface area contributed by atoms with E-state index in [1.54, 1.807) is 0 Å². The van der Waals surface area contributed by atoms with Gasteiger partial charge in [0.2, 0.25) is 0 Å². The monoisotopic (exact) mass is 254 g/mol. The van der Waals surface area contributed by atoms with Crippen molar-refractivity contribution in [1.29, 1.82) is 0 Å². The topological polar surface area (TPSA) is 0 Å². The van der Waals surface area contributed by atoms with Crippen LogP contribution in [0.15, 0.2) is 48.5 Å². The van der Waals surface area contributed by atoms with Crippen LogP contribution >= 0.6 is 0 Å². The van der Waals surface area contributed by atoms with Gasteiger partial charge in [-0.3, -0.25) is 0 Å². The number of rotatable bonds is 2. The molecule has 0 amide bonds. The second kappa shape index (κ2) is 5.72. The van der Waals surface area contributed by atoms with E-state index in [2.05, 4.69) is 48.5 Å². The van der Waals surface area contributed by atoms with Crippen molar-refractivity contribution in [2.75, 3.05) is 0 Å². The summed E-state index contributed by atoms with van der Waals surface area (Å²) in [6.07, 6.45) is 7.01. The summed E-state index contributed by atoms with van der Waals surface area (Å²) in [5, 5.41) is 5.59. The van der Waals surface area contributed by atoms with Gasteiger partial charge in [-0.25, -0.2) is 0 Å². The smallest absolute Gasteiger partial charge is 0.126 e. The van der Waals surface area contributed by atoms with Crippen molar-refractivity contribution in [3.8, 4) is 0 Å². The van der Waals surface area contributed by atoms with Crippen LogP contribution in [-0.4, -0.2) is 0 Å². The summed E-state index contributed by atoms with van der Waals surface area (Å²) in [6, 6.07) is 18.1. The molecule has 0 aromatic heterocycles. The molecule has 0 bridgehead atoms. The quantitative estimate of drug-likeness (QED) is 0.487. The average Bonchev–Trinajstić information content (AvgIpc) is 3.05. The zero-order chi connectivity index (χ0) is 12.7. The van der Waals surface area contributed by atoms with Crippen LogP contribution < -0.4 is 18.9 Å². The zero-order valence-corrected chi connectivity index (χ0v) is 12.2. The van der Waals surface area contributed by atoms with Crippen LogP contribution in [-0.2, 0) is 6.42 Å². The number of hydrogen-bond donors (Lipinski definition) is 0. The Morgan fingerprint density at radius 3 is 2.50 bits per heavy atom. The molecule has 4 rings (SSSR count). The molecule has 1 saturated carbocycles. The Morgan fingerprint density at radius 1 is 0.900 bits per heavy atom. The third kappa shape index (κ3) is 2.44. The Morgan fingerprint density at radius 2 is 1.65 bits per heavy atom. The van der Waals surface area contributed by atoms with E-state index in [-0.39, 0.29) is 18.9 Å². The summed E-state index contributed by atoms with van der Waals surface area (Å²) in [7, 11) is 0. The summed E-state index contributed by atoms with van der Waals surface area (Å²) in [6.45, 7) is 0. The third-order valence-corrected chi connectivity index (χ3v) is 4.68. The maximum absolute atomic E-state index is 2.41. The maximum Gasteiger partial charge on any atom is 1.00 e. The van der Waals surface area contributed by atoms with Gasteiger partial charge in [0.05, 0.1) is 0 Å². The second-order valence-corrected chi connectivity index (χ2v) is 6.01. The van der Waals surface area contributed by atoms with Gasteiger partial charge >= 0.3 is 18.9 Å². The van der Waals surface area contributed by atoms with Crippen molar-refractivity contribution < 1.29 is 18.9 Å². The van der Waals surface area contributed by atoms with E-state index in [4.69, 9.17) is 0 Å². The van der Waals surface area contributed by atoms with Gasteiger partial charge in [0.15, 0.2) is 0 Å². The molecule has 3 aromatic carbocycles. The van der Waals surface area contributed by atoms with E-state index in [1.807, 2.05) is 0 Å². The predicted molar refractivity (Wildman–Crippen MR) is 82.7 cm³/mol. The summed E-state index contributed by atoms with van der Waals surface area (Å²) in [4.78, 5) is 0. The molecule has 0 nitrogen and oxygen atoms in total. The summed E-state index contributed by atoms with van der Waals surface area (Å²) in [5.74, 6) is 0.932. The van der Waals surface area contributed by atoms with Crippen LogP contribution in [0, 0.1) is 5.92 Å². The molecule has 3 aromatic rings. The van der Waals surface area contributed by atoms with Gasteiger partial charge in [-0.1, -0.05) is 61.6 Å². The first-order valence-corrected chi connectivity index (χ1v) is 7.47. The summed E-state index contributed by atoms with van der Waals surface area (Å²) < 4.78 is 0. The van der Waals surface area contributed by atoms with Crippen molar-refractivity contribution in [2.45, 2.75) is 32.1 Å². The molecule has 20 heavy (non-hydrogen) atoms. The van der Waals surface area contributed by atoms with Crippen LogP contribution in [0.2, 0.25) is 0 Å². The first-order valence-electron chi connectivity index (χ1n) is 7.47. The Hall–Kier alpha value is -1.09. The number of fused-ring (bicyclic) bond motifs is 3. The molecule has 0 saturated heterocycles. The molecule has 0 radical (unpaired) electrons. The molecule has 1 aliphatic rings. The Labute approximate surface area is 132 Å². The molecule has 1 fully saturated rings. The molecule has 0 atom stereocenters. The molecule has 0 aliphatic heterocycles. The molecule has 0 spiro atoms. The molecule has 1 heteroatoms. The molecular weight excluding hydrogens is 235 g/mol. The fraction of sp³-hybridized carbons (Fsp3) is 0.316. The fourth-order valence-electron chi connectivity index (χ4n) is 3.69. The van der Waals surface area contributed by atoms with Gasteiger partial charge in [0.25, 0.3) is 0 Å². The van der Waals surface area contributed by atoms with Crippen molar-refractivity contribution in [1.82, 2.24) is 0 Å². The van der Waals surface area contributed by atoms with E-state index >= 15 is 0 Å². The van der Waals surface area contributed by atoms with Crippen molar-refractivity contribution in [2.24, 2.45) is 5.92 Å². The van der Waals surface area contributed by atoms with E-state index < -0.39 is 0 Å². The predicted octanol–water partition coefficient (Wildman–Crippen LogP) is 2.45. The average molecular weight is 254 g/mol. The van der Waals surface area contributed by atoms with Crippen LogP contribution in [0.5, 0.6) is 0 Å². The second-order valence-electron chi connectivity index (χ2n) is 6.01. The minimum absolute atomic E-state index is 0. The summed E-state index contributed by atoms with van der Waals surface area (Å²) in [5.41, 5.74) is 1.52. The maximum atomic E-state index is 2.41. The van der Waals surface area contributed by atoms with E-state index in [0.29, 0.717) is 0 Å². The van der Waals surface area contributed by atoms with Crippen molar-refractivity contribution in [3.05, 3.63) is 54.1 Å². The van der Waals surface area contributed by atoms with Crippen molar-refractivity contribution in [3.63, 3.8) is 0 Å². The summed E-state index contributed by atoms with van der Waals surface area (Å²) >= 11 is 0. The minimum Gasteiger partial charge on any atom is -0.126 e. The molecule has 0 heterocycles. The SMILES string of the molecule is [Li+].c1ccc2c(c1)[cH-]c1cc(CC3CCCC3)ccc12. The van der Waals surface area contributed by atoms with Crippen LogP contribution in [0.25, 0.3) is 21.5 Å². The van der Waals surface area contributed by atoms with E-state index in [1.165, 1.54) is 59.2 Å². The van der Waals surface area contributed by atoms with Crippen LogP contribution in [0.3, 0.4) is 0 Å². The Bertz CT molecular complexity index is 717. The first-order chi connectivity index (χ1) is 9.40. The van der Waals surface area contributed by atoms with E-state index in [0.717, 1.165) is 5.92 Å². The van der Waals surface area contributed by atoms with Crippen LogP contribution in [0.4, 0.5) is 0 Å². The number of benzene rings is 2. The normalized spacial score (nSPS) is 15.8.